The van der Waals surface area contributed by atoms with Crippen LogP contribution in [0, 0.1) is 0 Å². The molecular weight excluding hydrogens is 476 g/mol. The predicted octanol–water partition coefficient (Wildman–Crippen LogP) is 4.67. The third-order valence-corrected chi connectivity index (χ3v) is 7.97. The lowest BCUT2D eigenvalue weighted by atomic mass is 9.95. The Hall–Kier alpha value is -3.42. The molecule has 0 radical (unpaired) electrons. The van der Waals surface area contributed by atoms with Gasteiger partial charge in [0.15, 0.2) is 4.80 Å². The van der Waals surface area contributed by atoms with Crippen LogP contribution in [0.2, 0.25) is 0 Å². The van der Waals surface area contributed by atoms with Crippen LogP contribution in [0.4, 0.5) is 0 Å². The van der Waals surface area contributed by atoms with Crippen LogP contribution in [-0.4, -0.2) is 23.9 Å². The number of benzene rings is 3. The molecule has 2 heterocycles. The molecule has 7 heteroatoms. The van der Waals surface area contributed by atoms with Gasteiger partial charge in [0.2, 0.25) is 0 Å². The van der Waals surface area contributed by atoms with Crippen LogP contribution in [-0.2, 0) is 9.53 Å². The molecule has 3 aromatic carbocycles. The first kappa shape index (κ1) is 23.3. The van der Waals surface area contributed by atoms with E-state index in [2.05, 4.69) is 30.5 Å². The van der Waals surface area contributed by atoms with E-state index in [1.54, 1.807) is 16.3 Å². The molecule has 0 N–H and O–H groups in total. The highest BCUT2D eigenvalue weighted by atomic mass is 32.2. The monoisotopic (exact) mass is 500 g/mol. The maximum absolute atomic E-state index is 13.8. The number of carbonyl (C=O) groups excluding carboxylic acids is 1. The first-order valence-corrected chi connectivity index (χ1v) is 13.3. The molecule has 0 spiro atoms. The smallest absolute Gasteiger partial charge is 0.338 e. The average Bonchev–Trinajstić information content (AvgIpc) is 3.22. The molecule has 0 saturated carbocycles. The maximum Gasteiger partial charge on any atom is 0.338 e. The van der Waals surface area contributed by atoms with Gasteiger partial charge in [0, 0.05) is 4.90 Å². The second kappa shape index (κ2) is 9.68. The highest BCUT2D eigenvalue weighted by Gasteiger charge is 2.33. The number of rotatable bonds is 5. The van der Waals surface area contributed by atoms with Crippen LogP contribution in [0.1, 0.15) is 30.5 Å². The molecule has 0 unspecified atom stereocenters. The van der Waals surface area contributed by atoms with Gasteiger partial charge in [0.05, 0.1) is 29.0 Å². The molecule has 1 aromatic heterocycles. The quantitative estimate of drug-likeness (QED) is 0.295. The van der Waals surface area contributed by atoms with E-state index in [0.29, 0.717) is 27.0 Å². The van der Waals surface area contributed by atoms with Crippen LogP contribution in [0.25, 0.3) is 16.8 Å². The zero-order valence-corrected chi connectivity index (χ0v) is 21.3. The summed E-state index contributed by atoms with van der Waals surface area (Å²) < 4.78 is 7.33. The number of ether oxygens (including phenoxy) is 1. The molecule has 0 amide bonds. The van der Waals surface area contributed by atoms with Gasteiger partial charge in [-0.15, -0.1) is 11.8 Å². The maximum atomic E-state index is 13.8. The number of allylic oxidation sites excluding steroid dienone is 1. The van der Waals surface area contributed by atoms with E-state index in [9.17, 15) is 9.59 Å². The summed E-state index contributed by atoms with van der Waals surface area (Å²) in [4.78, 5) is 33.2. The lowest BCUT2D eigenvalue weighted by Gasteiger charge is -2.25. The molecule has 5 nitrogen and oxygen atoms in total. The van der Waals surface area contributed by atoms with Gasteiger partial charge in [-0.3, -0.25) is 9.36 Å². The van der Waals surface area contributed by atoms with Crippen LogP contribution in [0.5, 0.6) is 0 Å². The molecule has 35 heavy (non-hydrogen) atoms. The molecule has 1 aliphatic rings. The van der Waals surface area contributed by atoms with Gasteiger partial charge in [0.25, 0.3) is 5.56 Å². The molecule has 0 fully saturated rings. The van der Waals surface area contributed by atoms with E-state index >= 15 is 0 Å². The number of carbonyl (C=O) groups is 1. The number of methoxy groups -OCH3 is 1. The van der Waals surface area contributed by atoms with Gasteiger partial charge < -0.3 is 4.74 Å². The van der Waals surface area contributed by atoms with Gasteiger partial charge in [-0.05, 0) is 46.7 Å². The number of thiazole rings is 1. The van der Waals surface area contributed by atoms with E-state index in [0.717, 1.165) is 21.9 Å². The molecule has 1 aliphatic heterocycles. The van der Waals surface area contributed by atoms with Crippen molar-refractivity contribution in [3.8, 4) is 0 Å². The lowest BCUT2D eigenvalue weighted by molar-refractivity contribution is -0.136. The van der Waals surface area contributed by atoms with Crippen molar-refractivity contribution < 1.29 is 9.53 Å². The zero-order chi connectivity index (χ0) is 24.5. The van der Waals surface area contributed by atoms with Gasteiger partial charge in [0.1, 0.15) is 0 Å². The Labute approximate surface area is 211 Å². The Balaban J connectivity index is 1.78. The fourth-order valence-electron chi connectivity index (χ4n) is 4.55. The Morgan fingerprint density at radius 1 is 1.09 bits per heavy atom. The topological polar surface area (TPSA) is 60.7 Å². The van der Waals surface area contributed by atoms with Gasteiger partial charge in [-0.1, -0.05) is 78.9 Å². The number of fused-ring (bicyclic) bond motifs is 2. The number of esters is 1. The summed E-state index contributed by atoms with van der Waals surface area (Å²) in [5.74, 6) is -0.465. The Morgan fingerprint density at radius 3 is 2.49 bits per heavy atom. The number of nitrogens with zero attached hydrogens (tertiary/aromatic N) is 2. The van der Waals surface area contributed by atoms with E-state index in [4.69, 9.17) is 9.73 Å². The second-order valence-electron chi connectivity index (χ2n) is 8.10. The Morgan fingerprint density at radius 2 is 1.80 bits per heavy atom. The molecule has 1 atom stereocenters. The minimum Gasteiger partial charge on any atom is -0.466 e. The third-order valence-electron chi connectivity index (χ3n) is 6.19. The minimum absolute atomic E-state index is 0.169. The first-order chi connectivity index (χ1) is 17.1. The summed E-state index contributed by atoms with van der Waals surface area (Å²) in [7, 11) is 1.36. The van der Waals surface area contributed by atoms with Crippen LogP contribution in [0.3, 0.4) is 0 Å². The largest absolute Gasteiger partial charge is 0.466 e. The van der Waals surface area contributed by atoms with Gasteiger partial charge >= 0.3 is 5.97 Å². The van der Waals surface area contributed by atoms with Crippen LogP contribution >= 0.6 is 23.1 Å². The Bertz CT molecular complexity index is 1650. The van der Waals surface area contributed by atoms with Crippen molar-refractivity contribution in [3.63, 3.8) is 0 Å². The zero-order valence-electron chi connectivity index (χ0n) is 19.6. The van der Waals surface area contributed by atoms with Crippen LogP contribution in [0.15, 0.2) is 92.7 Å². The van der Waals surface area contributed by atoms with E-state index in [1.165, 1.54) is 23.3 Å². The minimum atomic E-state index is -0.590. The fraction of sp³-hybridized carbons (Fsp3) is 0.179. The summed E-state index contributed by atoms with van der Waals surface area (Å²) in [6.07, 6.45) is 4.55. The summed E-state index contributed by atoms with van der Waals surface area (Å²) in [5, 5.41) is 2.25. The summed E-state index contributed by atoms with van der Waals surface area (Å²) in [6, 6.07) is 21.4. The highest BCUT2D eigenvalue weighted by molar-refractivity contribution is 7.98. The number of thioether (sulfide) groups is 1. The summed E-state index contributed by atoms with van der Waals surface area (Å²) in [5.41, 5.74) is 2.71. The first-order valence-electron chi connectivity index (χ1n) is 11.3. The third kappa shape index (κ3) is 4.05. The van der Waals surface area contributed by atoms with Crippen molar-refractivity contribution in [2.45, 2.75) is 24.3 Å². The standard InChI is InChI=1S/C28H24N2O3S2/c1-4-21-24(27(32)33-2)25(17-10-6-5-7-11-17)30-26(31)23(35-28(30)29-21)16-18-14-15-22(34-3)20-13-9-8-12-19(18)20/h5-16,25H,4H2,1-3H3/b23-16-/t25-/m0/s1. The number of hydrogen-bond acceptors (Lipinski definition) is 6. The Kier molecular flexibility index (Phi) is 6.45. The number of aromatic nitrogens is 1. The predicted molar refractivity (Wildman–Crippen MR) is 143 cm³/mol. The van der Waals surface area contributed by atoms with Crippen molar-refractivity contribution >= 4 is 45.9 Å². The highest BCUT2D eigenvalue weighted by Crippen LogP contribution is 2.32. The molecule has 176 valence electrons. The molecule has 5 rings (SSSR count). The van der Waals surface area contributed by atoms with E-state index in [-0.39, 0.29) is 5.56 Å². The SMILES string of the molecule is CCC1=C(C(=O)OC)[C@H](c2ccccc2)n2c(s/c(=C\c3ccc(SC)c4ccccc34)c2=O)=N1. The van der Waals surface area contributed by atoms with Gasteiger partial charge in [-0.25, -0.2) is 9.79 Å². The van der Waals surface area contributed by atoms with Crippen molar-refractivity contribution in [2.75, 3.05) is 13.4 Å². The van der Waals surface area contributed by atoms with Crippen LogP contribution < -0.4 is 14.9 Å². The van der Waals surface area contributed by atoms with Crippen molar-refractivity contribution in [3.05, 3.63) is 109 Å². The second-order valence-corrected chi connectivity index (χ2v) is 9.96. The molecule has 4 aromatic rings. The average molecular weight is 501 g/mol. The van der Waals surface area contributed by atoms with Crippen molar-refractivity contribution in [2.24, 2.45) is 4.99 Å². The van der Waals surface area contributed by atoms with Crippen molar-refractivity contribution in [1.82, 2.24) is 4.57 Å². The summed E-state index contributed by atoms with van der Waals surface area (Å²) in [6.45, 7) is 1.96. The summed E-state index contributed by atoms with van der Waals surface area (Å²) >= 11 is 3.05. The fourth-order valence-corrected chi connectivity index (χ4v) is 6.17. The molecule has 0 saturated heterocycles. The molecule has 0 aliphatic carbocycles. The van der Waals surface area contributed by atoms with Gasteiger partial charge in [-0.2, -0.15) is 0 Å². The number of hydrogen-bond donors (Lipinski definition) is 0. The molecular formula is C28H24N2O3S2. The lowest BCUT2D eigenvalue weighted by Crippen LogP contribution is -2.40. The van der Waals surface area contributed by atoms with E-state index < -0.39 is 12.0 Å². The molecule has 0 bridgehead atoms. The van der Waals surface area contributed by atoms with Crippen molar-refractivity contribution in [1.29, 1.82) is 0 Å². The normalized spacial score (nSPS) is 15.7. The van der Waals surface area contributed by atoms with E-state index in [1.807, 2.05) is 55.5 Å².